The summed E-state index contributed by atoms with van der Waals surface area (Å²) in [5, 5.41) is 0. The Morgan fingerprint density at radius 3 is 2.95 bits per heavy atom. The van der Waals surface area contributed by atoms with Crippen molar-refractivity contribution in [3.8, 4) is 0 Å². The Labute approximate surface area is 121 Å². The molecule has 0 atom stereocenters. The van der Waals surface area contributed by atoms with Gasteiger partial charge in [-0.25, -0.2) is 4.98 Å². The second-order valence-electron chi connectivity index (χ2n) is 4.89. The van der Waals surface area contributed by atoms with E-state index >= 15 is 0 Å². The maximum absolute atomic E-state index is 12.3. The number of amides is 1. The van der Waals surface area contributed by atoms with Crippen molar-refractivity contribution in [2.24, 2.45) is 0 Å². The molecule has 3 aromatic rings. The summed E-state index contributed by atoms with van der Waals surface area (Å²) in [4.78, 5) is 18.6. The highest BCUT2D eigenvalue weighted by Crippen LogP contribution is 2.27. The molecule has 0 saturated carbocycles. The van der Waals surface area contributed by atoms with Gasteiger partial charge in [0.05, 0.1) is 17.3 Å². The topological polar surface area (TPSA) is 51.3 Å². The van der Waals surface area contributed by atoms with E-state index in [0.29, 0.717) is 18.3 Å². The average molecular weight is 279 g/mol. The lowest BCUT2D eigenvalue weighted by Crippen LogP contribution is -2.27. The van der Waals surface area contributed by atoms with Crippen LogP contribution in [-0.2, 0) is 11.3 Å². The van der Waals surface area contributed by atoms with Gasteiger partial charge in [0.25, 0.3) is 5.91 Å². The van der Waals surface area contributed by atoms with E-state index in [1.165, 1.54) is 6.08 Å². The molecule has 1 aliphatic rings. The third kappa shape index (κ3) is 1.94. The minimum Gasteiger partial charge on any atom is -0.465 e. The molecule has 1 amide bonds. The van der Waals surface area contributed by atoms with Crippen molar-refractivity contribution >= 4 is 29.0 Å². The quantitative estimate of drug-likeness (QED) is 0.678. The number of carbonyl (C=O) groups is 1. The number of hydrogen-bond acceptors (Lipinski definition) is 3. The number of rotatable bonds is 2. The van der Waals surface area contributed by atoms with Crippen LogP contribution in [0.25, 0.3) is 17.1 Å². The molecular formula is C16H13N3O2. The first-order valence-electron chi connectivity index (χ1n) is 6.81. The zero-order valence-corrected chi connectivity index (χ0v) is 11.3. The van der Waals surface area contributed by atoms with Gasteiger partial charge < -0.3 is 8.98 Å². The molecule has 5 nitrogen and oxygen atoms in total. The Morgan fingerprint density at radius 2 is 2.10 bits per heavy atom. The van der Waals surface area contributed by atoms with Crippen molar-refractivity contribution in [2.45, 2.75) is 6.54 Å². The van der Waals surface area contributed by atoms with Crippen molar-refractivity contribution in [1.82, 2.24) is 9.55 Å². The van der Waals surface area contributed by atoms with Gasteiger partial charge >= 0.3 is 0 Å². The summed E-state index contributed by atoms with van der Waals surface area (Å²) in [7, 11) is 0. The largest absolute Gasteiger partial charge is 0.465 e. The first kappa shape index (κ1) is 12.0. The van der Waals surface area contributed by atoms with E-state index in [4.69, 9.17) is 4.42 Å². The van der Waals surface area contributed by atoms with Gasteiger partial charge in [-0.05, 0) is 30.3 Å². The molecule has 0 radical (unpaired) electrons. The van der Waals surface area contributed by atoms with Crippen LogP contribution in [0, 0.1) is 0 Å². The Bertz CT molecular complexity index is 830. The van der Waals surface area contributed by atoms with Gasteiger partial charge in [-0.3, -0.25) is 9.69 Å². The number of nitrogens with zero attached hydrogens (tertiary/aromatic N) is 3. The van der Waals surface area contributed by atoms with Gasteiger partial charge in [0, 0.05) is 19.2 Å². The lowest BCUT2D eigenvalue weighted by atomic mass is 10.3. The third-order valence-corrected chi connectivity index (χ3v) is 3.62. The minimum atomic E-state index is -0.0829. The number of para-hydroxylation sites is 2. The van der Waals surface area contributed by atoms with Crippen molar-refractivity contribution < 1.29 is 9.21 Å². The van der Waals surface area contributed by atoms with Crippen LogP contribution in [0.4, 0.5) is 5.95 Å². The Hall–Kier alpha value is -2.82. The molecule has 1 aliphatic heterocycles. The Morgan fingerprint density at radius 1 is 1.19 bits per heavy atom. The molecule has 5 heteroatoms. The zero-order chi connectivity index (χ0) is 14.2. The zero-order valence-electron chi connectivity index (χ0n) is 11.3. The number of carbonyl (C=O) groups excluding carboxylic acids is 1. The van der Waals surface area contributed by atoms with Crippen LogP contribution in [0.3, 0.4) is 0 Å². The van der Waals surface area contributed by atoms with Crippen LogP contribution in [-0.4, -0.2) is 22.0 Å². The number of aromatic nitrogens is 2. The highest BCUT2D eigenvalue weighted by Gasteiger charge is 2.26. The van der Waals surface area contributed by atoms with Gasteiger partial charge in [-0.1, -0.05) is 12.1 Å². The van der Waals surface area contributed by atoms with E-state index in [2.05, 4.69) is 9.55 Å². The molecule has 4 rings (SSSR count). The van der Waals surface area contributed by atoms with Crippen molar-refractivity contribution in [2.75, 3.05) is 11.4 Å². The molecule has 2 aromatic heterocycles. The lowest BCUT2D eigenvalue weighted by Gasteiger charge is -2.10. The lowest BCUT2D eigenvalue weighted by molar-refractivity contribution is -0.114. The maximum Gasteiger partial charge on any atom is 0.253 e. The fourth-order valence-electron chi connectivity index (χ4n) is 2.63. The van der Waals surface area contributed by atoms with Crippen LogP contribution >= 0.6 is 0 Å². The summed E-state index contributed by atoms with van der Waals surface area (Å²) in [6, 6.07) is 11.5. The van der Waals surface area contributed by atoms with Crippen LogP contribution in [0.1, 0.15) is 5.76 Å². The molecule has 0 aliphatic carbocycles. The first-order valence-corrected chi connectivity index (χ1v) is 6.81. The van der Waals surface area contributed by atoms with E-state index in [9.17, 15) is 4.79 Å². The van der Waals surface area contributed by atoms with E-state index < -0.39 is 0 Å². The molecular weight excluding hydrogens is 266 g/mol. The summed E-state index contributed by atoms with van der Waals surface area (Å²) < 4.78 is 7.26. The summed E-state index contributed by atoms with van der Waals surface area (Å²) in [6.07, 6.45) is 4.78. The molecule has 0 bridgehead atoms. The molecule has 0 fully saturated rings. The second-order valence-corrected chi connectivity index (χ2v) is 4.89. The number of benzene rings is 1. The molecule has 104 valence electrons. The summed E-state index contributed by atoms with van der Waals surface area (Å²) >= 11 is 0. The molecule has 3 heterocycles. The first-order chi connectivity index (χ1) is 10.3. The van der Waals surface area contributed by atoms with Crippen LogP contribution in [0.2, 0.25) is 0 Å². The van der Waals surface area contributed by atoms with E-state index in [1.807, 2.05) is 30.3 Å². The highest BCUT2D eigenvalue weighted by molar-refractivity contribution is 6.04. The number of anilines is 1. The maximum atomic E-state index is 12.3. The van der Waals surface area contributed by atoms with Gasteiger partial charge in [-0.2, -0.15) is 0 Å². The highest BCUT2D eigenvalue weighted by atomic mass is 16.3. The molecule has 0 N–H and O–H groups in total. The summed E-state index contributed by atoms with van der Waals surface area (Å²) in [6.45, 7) is 1.42. The number of furan rings is 1. The summed E-state index contributed by atoms with van der Waals surface area (Å²) in [5.74, 6) is 1.29. The van der Waals surface area contributed by atoms with Crippen LogP contribution in [0.15, 0.2) is 53.2 Å². The average Bonchev–Trinajstić information content (AvgIpc) is 3.20. The molecule has 21 heavy (non-hydrogen) atoms. The van der Waals surface area contributed by atoms with E-state index in [0.717, 1.165) is 17.6 Å². The van der Waals surface area contributed by atoms with E-state index in [-0.39, 0.29) is 5.91 Å². The minimum absolute atomic E-state index is 0.0829. The third-order valence-electron chi connectivity index (χ3n) is 3.62. The predicted molar refractivity (Wildman–Crippen MR) is 79.8 cm³/mol. The fourth-order valence-corrected chi connectivity index (χ4v) is 2.63. The van der Waals surface area contributed by atoms with Crippen molar-refractivity contribution in [3.63, 3.8) is 0 Å². The van der Waals surface area contributed by atoms with Crippen molar-refractivity contribution in [3.05, 3.63) is 54.5 Å². The number of imidazole rings is 1. The van der Waals surface area contributed by atoms with E-state index in [1.54, 1.807) is 23.3 Å². The predicted octanol–water partition coefficient (Wildman–Crippen LogP) is 2.69. The summed E-state index contributed by atoms with van der Waals surface area (Å²) in [5.41, 5.74) is 1.98. The normalized spacial score (nSPS) is 14.2. The standard InChI is InChI=1S/C16H13N3O2/c20-15(8-7-12-4-3-11-21-12)19-10-9-18-14-6-2-1-5-13(14)17-16(18)19/h1-8,11H,9-10H2/b8-7+. The van der Waals surface area contributed by atoms with Gasteiger partial charge in [0.15, 0.2) is 0 Å². The monoisotopic (exact) mass is 279 g/mol. The van der Waals surface area contributed by atoms with Gasteiger partial charge in [-0.15, -0.1) is 0 Å². The Kier molecular flexibility index (Phi) is 2.64. The number of fused-ring (bicyclic) bond motifs is 3. The fraction of sp³-hybridized carbons (Fsp3) is 0.125. The van der Waals surface area contributed by atoms with Gasteiger partial charge in [0.1, 0.15) is 5.76 Å². The smallest absolute Gasteiger partial charge is 0.253 e. The second kappa shape index (κ2) is 4.63. The molecule has 0 unspecified atom stereocenters. The van der Waals surface area contributed by atoms with Gasteiger partial charge in [0.2, 0.25) is 5.95 Å². The van der Waals surface area contributed by atoms with Crippen LogP contribution in [0.5, 0.6) is 0 Å². The molecule has 0 saturated heterocycles. The SMILES string of the molecule is O=C(/C=C/c1ccco1)N1CCn2c1nc1ccccc12. The number of hydrogen-bond donors (Lipinski definition) is 0. The molecule has 1 aromatic carbocycles. The molecule has 0 spiro atoms. The Balaban J connectivity index is 1.65. The van der Waals surface area contributed by atoms with Crippen molar-refractivity contribution in [1.29, 1.82) is 0 Å². The van der Waals surface area contributed by atoms with Crippen LogP contribution < -0.4 is 4.90 Å².